The lowest BCUT2D eigenvalue weighted by molar-refractivity contribution is -0.384. The van der Waals surface area contributed by atoms with E-state index < -0.39 is 5.97 Å². The molecule has 2 aromatic carbocycles. The lowest BCUT2D eigenvalue weighted by atomic mass is 10.1. The van der Waals surface area contributed by atoms with E-state index in [9.17, 15) is 14.9 Å². The molecule has 42 heavy (non-hydrogen) atoms. The Balaban J connectivity index is 0.00000484. The predicted octanol–water partition coefficient (Wildman–Crippen LogP) is 6.04. The number of carbonyl (C=O) groups excluding carboxylic acids is 1. The number of fused-ring (bicyclic) bond motifs is 1. The lowest BCUT2D eigenvalue weighted by Gasteiger charge is -2.22. The van der Waals surface area contributed by atoms with E-state index in [2.05, 4.69) is 10.3 Å². The summed E-state index contributed by atoms with van der Waals surface area (Å²) in [5, 5.41) is 16.1. The van der Waals surface area contributed by atoms with Gasteiger partial charge in [0, 0.05) is 62.1 Å². The van der Waals surface area contributed by atoms with Crippen LogP contribution < -0.4 is 10.2 Å². The van der Waals surface area contributed by atoms with Crippen LogP contribution in [0.4, 0.5) is 23.0 Å². The van der Waals surface area contributed by atoms with Gasteiger partial charge in [-0.3, -0.25) is 10.1 Å². The SMILES string of the molecule is C.Cc1cc(N(C)CCN(C)C)c([N+](=O)[O-])cc1Nc1ncc(C(=O)OCC(C)C)c(-c2cn(C)c3ccccc23)n1. The maximum atomic E-state index is 13.1. The minimum absolute atomic E-state index is 0. The molecule has 4 rings (SSSR count). The van der Waals surface area contributed by atoms with Gasteiger partial charge in [0.25, 0.3) is 5.69 Å². The Hall–Kier alpha value is -4.51. The van der Waals surface area contributed by atoms with E-state index in [1.54, 1.807) is 6.07 Å². The zero-order valence-corrected chi connectivity index (χ0v) is 24.6. The monoisotopic (exact) mass is 575 g/mol. The number of anilines is 3. The molecular weight excluding hydrogens is 534 g/mol. The topological polar surface area (TPSA) is 119 Å². The number of aromatic nitrogens is 3. The number of hydrogen-bond acceptors (Lipinski definition) is 9. The summed E-state index contributed by atoms with van der Waals surface area (Å²) >= 11 is 0. The first-order valence-corrected chi connectivity index (χ1v) is 13.5. The van der Waals surface area contributed by atoms with Crippen LogP contribution in [0.15, 0.2) is 48.8 Å². The first-order chi connectivity index (χ1) is 19.5. The first-order valence-electron chi connectivity index (χ1n) is 13.5. The van der Waals surface area contributed by atoms with Gasteiger partial charge in [0.1, 0.15) is 11.3 Å². The van der Waals surface area contributed by atoms with Gasteiger partial charge in [-0.25, -0.2) is 14.8 Å². The van der Waals surface area contributed by atoms with Crippen molar-refractivity contribution in [2.75, 3.05) is 51.1 Å². The number of nitrogens with zero attached hydrogens (tertiary/aromatic N) is 6. The number of ether oxygens (including phenoxy) is 1. The summed E-state index contributed by atoms with van der Waals surface area (Å²) in [4.78, 5) is 37.8. The number of nitro benzene ring substituents is 1. The van der Waals surface area contributed by atoms with Crippen molar-refractivity contribution < 1.29 is 14.5 Å². The molecule has 1 N–H and O–H groups in total. The van der Waals surface area contributed by atoms with Gasteiger partial charge in [0.15, 0.2) is 0 Å². The average molecular weight is 576 g/mol. The molecule has 0 saturated carbocycles. The molecule has 0 radical (unpaired) electrons. The molecule has 0 aliphatic carbocycles. The van der Waals surface area contributed by atoms with Crippen molar-refractivity contribution in [2.45, 2.75) is 28.2 Å². The quantitative estimate of drug-likeness (QED) is 0.130. The third kappa shape index (κ3) is 7.03. The first kappa shape index (κ1) is 32.0. The van der Waals surface area contributed by atoms with E-state index in [1.807, 2.05) is 93.8 Å². The standard InChI is InChI=1S/C30H37N7O4.CH4/c1-19(2)18-41-29(38)22-16-31-30(33-28(22)23-17-36(7)25-11-9-8-10-21(23)25)32-24-15-27(37(39)40)26(14-20(24)3)35(6)13-12-34(4)5;/h8-11,14-17,19H,12-13,18H2,1-7H3,(H,31,32,33);1H4. The average Bonchev–Trinajstić information content (AvgIpc) is 3.27. The normalized spacial score (nSPS) is 11.1. The van der Waals surface area contributed by atoms with Crippen molar-refractivity contribution in [3.05, 3.63) is 70.0 Å². The maximum Gasteiger partial charge on any atom is 0.341 e. The van der Waals surface area contributed by atoms with E-state index >= 15 is 0 Å². The molecule has 0 bridgehead atoms. The number of nitrogens with one attached hydrogen (secondary N) is 1. The largest absolute Gasteiger partial charge is 0.462 e. The molecule has 224 valence electrons. The van der Waals surface area contributed by atoms with Gasteiger partial charge in [-0.05, 0) is 44.6 Å². The van der Waals surface area contributed by atoms with Crippen LogP contribution >= 0.6 is 0 Å². The van der Waals surface area contributed by atoms with Crippen molar-refractivity contribution in [1.82, 2.24) is 19.4 Å². The molecule has 0 amide bonds. The van der Waals surface area contributed by atoms with Crippen LogP contribution in [0.1, 0.15) is 37.2 Å². The summed E-state index contributed by atoms with van der Waals surface area (Å²) in [6.07, 6.45) is 3.37. The van der Waals surface area contributed by atoms with Gasteiger partial charge in [-0.1, -0.05) is 39.5 Å². The fraction of sp³-hybridized carbons (Fsp3) is 0.387. The summed E-state index contributed by atoms with van der Waals surface area (Å²) in [5.74, 6) is -0.130. The van der Waals surface area contributed by atoms with Crippen LogP contribution in [0.3, 0.4) is 0 Å². The highest BCUT2D eigenvalue weighted by molar-refractivity contribution is 6.03. The van der Waals surface area contributed by atoms with Crippen molar-refractivity contribution in [1.29, 1.82) is 0 Å². The van der Waals surface area contributed by atoms with Crippen molar-refractivity contribution >= 4 is 39.9 Å². The fourth-order valence-corrected chi connectivity index (χ4v) is 4.51. The molecular formula is C31H41N7O4. The molecule has 2 heterocycles. The molecule has 0 spiro atoms. The van der Waals surface area contributed by atoms with Gasteiger partial charge in [-0.15, -0.1) is 0 Å². The fourth-order valence-electron chi connectivity index (χ4n) is 4.51. The Kier molecular flexibility index (Phi) is 10.2. The molecule has 4 aromatic rings. The molecule has 0 aliphatic rings. The van der Waals surface area contributed by atoms with Crippen molar-refractivity contribution in [3.8, 4) is 11.3 Å². The molecule has 0 atom stereocenters. The number of hydrogen-bond donors (Lipinski definition) is 1. The Labute approximate surface area is 247 Å². The molecule has 11 nitrogen and oxygen atoms in total. The van der Waals surface area contributed by atoms with Gasteiger partial charge in [-0.2, -0.15) is 0 Å². The lowest BCUT2D eigenvalue weighted by Crippen LogP contribution is -2.29. The molecule has 0 aliphatic heterocycles. The summed E-state index contributed by atoms with van der Waals surface area (Å²) < 4.78 is 7.51. The molecule has 0 fully saturated rings. The number of aryl methyl sites for hydroxylation is 2. The molecule has 0 saturated heterocycles. The van der Waals surface area contributed by atoms with Crippen LogP contribution in [0.25, 0.3) is 22.2 Å². The molecule has 2 aromatic heterocycles. The number of rotatable bonds is 11. The van der Waals surface area contributed by atoms with Crippen LogP contribution in [0.5, 0.6) is 0 Å². The number of esters is 1. The number of likely N-dealkylation sites (N-methyl/N-ethyl adjacent to an activating group) is 2. The maximum absolute atomic E-state index is 13.1. The van der Waals surface area contributed by atoms with Crippen LogP contribution in [0, 0.1) is 23.0 Å². The van der Waals surface area contributed by atoms with Crippen LogP contribution in [-0.4, -0.2) is 71.2 Å². The number of nitro groups is 1. The highest BCUT2D eigenvalue weighted by atomic mass is 16.6. The Morgan fingerprint density at radius 3 is 2.55 bits per heavy atom. The van der Waals surface area contributed by atoms with Gasteiger partial charge in [0.05, 0.1) is 22.9 Å². The molecule has 11 heteroatoms. The number of benzene rings is 2. The van der Waals surface area contributed by atoms with E-state index in [0.29, 0.717) is 23.6 Å². The summed E-state index contributed by atoms with van der Waals surface area (Å²) in [6.45, 7) is 7.46. The highest BCUT2D eigenvalue weighted by Gasteiger charge is 2.23. The summed E-state index contributed by atoms with van der Waals surface area (Å²) in [5.41, 5.74) is 4.19. The predicted molar refractivity (Wildman–Crippen MR) is 169 cm³/mol. The van der Waals surface area contributed by atoms with Crippen molar-refractivity contribution in [3.63, 3.8) is 0 Å². The second-order valence-corrected chi connectivity index (χ2v) is 10.9. The van der Waals surface area contributed by atoms with Crippen molar-refractivity contribution in [2.24, 2.45) is 13.0 Å². The van der Waals surface area contributed by atoms with Crippen LogP contribution in [-0.2, 0) is 11.8 Å². The minimum atomic E-state index is -0.509. The highest BCUT2D eigenvalue weighted by Crippen LogP contribution is 2.36. The molecule has 0 unspecified atom stereocenters. The summed E-state index contributed by atoms with van der Waals surface area (Å²) in [7, 11) is 7.70. The van der Waals surface area contributed by atoms with E-state index in [4.69, 9.17) is 9.72 Å². The van der Waals surface area contributed by atoms with Gasteiger partial charge >= 0.3 is 5.97 Å². The zero-order chi connectivity index (χ0) is 29.8. The van der Waals surface area contributed by atoms with E-state index in [0.717, 1.165) is 28.6 Å². The van der Waals surface area contributed by atoms with E-state index in [1.165, 1.54) is 12.3 Å². The van der Waals surface area contributed by atoms with Gasteiger partial charge in [0.2, 0.25) is 5.95 Å². The van der Waals surface area contributed by atoms with Crippen LogP contribution in [0.2, 0.25) is 0 Å². The third-order valence-corrected chi connectivity index (χ3v) is 6.77. The zero-order valence-electron chi connectivity index (χ0n) is 24.6. The number of carbonyl (C=O) groups is 1. The Bertz CT molecular complexity index is 1580. The minimum Gasteiger partial charge on any atom is -0.462 e. The van der Waals surface area contributed by atoms with E-state index in [-0.39, 0.29) is 42.1 Å². The number of para-hydroxylation sites is 1. The van der Waals surface area contributed by atoms with Gasteiger partial charge < -0.3 is 24.4 Å². The summed E-state index contributed by atoms with van der Waals surface area (Å²) in [6, 6.07) is 11.1. The second kappa shape index (κ2) is 13.4. The smallest absolute Gasteiger partial charge is 0.341 e. The second-order valence-electron chi connectivity index (χ2n) is 10.9. The third-order valence-electron chi connectivity index (χ3n) is 6.77. The Morgan fingerprint density at radius 1 is 1.17 bits per heavy atom. The Morgan fingerprint density at radius 2 is 1.88 bits per heavy atom.